The monoisotopic (exact) mass is 381 g/mol. The van der Waals surface area contributed by atoms with Crippen molar-refractivity contribution in [2.45, 2.75) is 51.5 Å². The lowest BCUT2D eigenvalue weighted by atomic mass is 10.2. The van der Waals surface area contributed by atoms with Gasteiger partial charge in [-0.3, -0.25) is 9.36 Å². The van der Waals surface area contributed by atoms with E-state index < -0.39 is 18.3 Å². The third kappa shape index (κ3) is 3.05. The first kappa shape index (κ1) is 17.3. The molecule has 10 heteroatoms. The van der Waals surface area contributed by atoms with Gasteiger partial charge in [-0.15, -0.1) is 0 Å². The number of anilines is 1. The van der Waals surface area contributed by atoms with Crippen molar-refractivity contribution in [2.75, 3.05) is 12.3 Å². The van der Waals surface area contributed by atoms with Crippen LogP contribution < -0.4 is 11.4 Å². The molecule has 0 radical (unpaired) electrons. The van der Waals surface area contributed by atoms with E-state index in [4.69, 9.17) is 26.8 Å². The van der Waals surface area contributed by atoms with E-state index >= 15 is 0 Å². The van der Waals surface area contributed by atoms with Crippen molar-refractivity contribution in [1.29, 1.82) is 0 Å². The number of aryl methyl sites for hydroxylation is 1. The summed E-state index contributed by atoms with van der Waals surface area (Å²) in [6, 6.07) is 0. The summed E-state index contributed by atoms with van der Waals surface area (Å²) in [5.41, 5.74) is 6.16. The van der Waals surface area contributed by atoms with E-state index in [9.17, 15) is 9.59 Å². The largest absolute Gasteiger partial charge is 0.458 e. The van der Waals surface area contributed by atoms with Gasteiger partial charge < -0.3 is 15.2 Å². The fraction of sp³-hybridized carbons (Fsp3) is 0.625. The Bertz CT molecular complexity index is 919. The predicted octanol–water partition coefficient (Wildman–Crippen LogP) is 1.48. The number of rotatable bonds is 5. The number of nitrogens with two attached hydrogens (primary N) is 1. The molecule has 0 bridgehead atoms. The molecule has 1 saturated carbocycles. The minimum Gasteiger partial charge on any atom is -0.458 e. The number of nitrogen functional groups attached to an aromatic ring is 1. The fourth-order valence-electron chi connectivity index (χ4n) is 3.43. The standard InChI is InChI=1S/C16H20ClN5O4/c1-8(23)26-10-5-7-25-14(10)22-13-11(12(17)19-15(18)20-13)21(16(22)24)6-4-9-2-3-9/h9-10,14H,2-7H2,1H3,(H2,18,19,20). The number of hydrogen-bond acceptors (Lipinski definition) is 7. The minimum atomic E-state index is -0.763. The molecule has 1 saturated heterocycles. The van der Waals surface area contributed by atoms with Gasteiger partial charge in [-0.1, -0.05) is 24.4 Å². The third-order valence-electron chi connectivity index (χ3n) is 4.81. The molecule has 0 spiro atoms. The number of carbonyl (C=O) groups is 1. The molecule has 1 aliphatic heterocycles. The van der Waals surface area contributed by atoms with Crippen LogP contribution in [0.4, 0.5) is 5.95 Å². The van der Waals surface area contributed by atoms with Crippen LogP contribution in [0.5, 0.6) is 0 Å². The van der Waals surface area contributed by atoms with E-state index in [2.05, 4.69) is 9.97 Å². The summed E-state index contributed by atoms with van der Waals surface area (Å²) in [6.45, 7) is 2.22. The summed E-state index contributed by atoms with van der Waals surface area (Å²) < 4.78 is 14.0. The van der Waals surface area contributed by atoms with Crippen LogP contribution in [0.15, 0.2) is 4.79 Å². The Morgan fingerprint density at radius 2 is 2.15 bits per heavy atom. The lowest BCUT2D eigenvalue weighted by Crippen LogP contribution is -2.33. The molecular weight excluding hydrogens is 362 g/mol. The molecule has 2 aliphatic rings. The van der Waals surface area contributed by atoms with Crippen molar-refractivity contribution in [2.24, 2.45) is 5.92 Å². The van der Waals surface area contributed by atoms with Crippen molar-refractivity contribution in [3.63, 3.8) is 0 Å². The molecule has 2 aromatic rings. The van der Waals surface area contributed by atoms with Crippen LogP contribution >= 0.6 is 11.6 Å². The average molecular weight is 382 g/mol. The van der Waals surface area contributed by atoms with Crippen LogP contribution in [-0.2, 0) is 20.8 Å². The molecule has 2 aromatic heterocycles. The number of esters is 1. The highest BCUT2D eigenvalue weighted by Crippen LogP contribution is 2.34. The van der Waals surface area contributed by atoms with Gasteiger partial charge in [-0.05, 0) is 12.3 Å². The van der Waals surface area contributed by atoms with Crippen molar-refractivity contribution >= 4 is 34.7 Å². The SMILES string of the molecule is CC(=O)OC1CCOC1n1c(=O)n(CCC2CC2)c2c(Cl)nc(N)nc21. The summed E-state index contributed by atoms with van der Waals surface area (Å²) in [5.74, 6) is 0.186. The quantitative estimate of drug-likeness (QED) is 0.616. The van der Waals surface area contributed by atoms with Gasteiger partial charge in [0.05, 0.1) is 6.61 Å². The number of hydrogen-bond donors (Lipinski definition) is 1. The van der Waals surface area contributed by atoms with Gasteiger partial charge in [0.1, 0.15) is 11.6 Å². The van der Waals surface area contributed by atoms with Crippen molar-refractivity contribution < 1.29 is 14.3 Å². The van der Waals surface area contributed by atoms with Gasteiger partial charge in [0.2, 0.25) is 5.95 Å². The molecule has 1 aliphatic carbocycles. The maximum atomic E-state index is 13.1. The Morgan fingerprint density at radius 3 is 2.85 bits per heavy atom. The highest BCUT2D eigenvalue weighted by Gasteiger charge is 2.36. The second-order valence-corrected chi connectivity index (χ2v) is 7.14. The van der Waals surface area contributed by atoms with E-state index in [1.165, 1.54) is 24.3 Å². The number of aromatic nitrogens is 4. The molecule has 26 heavy (non-hydrogen) atoms. The van der Waals surface area contributed by atoms with Gasteiger partial charge in [0.25, 0.3) is 0 Å². The molecule has 2 fully saturated rings. The van der Waals surface area contributed by atoms with Gasteiger partial charge in [-0.25, -0.2) is 9.36 Å². The second kappa shape index (κ2) is 6.55. The van der Waals surface area contributed by atoms with Gasteiger partial charge in [0.15, 0.2) is 17.0 Å². The zero-order valence-corrected chi connectivity index (χ0v) is 15.1. The van der Waals surface area contributed by atoms with Crippen molar-refractivity contribution in [1.82, 2.24) is 19.1 Å². The van der Waals surface area contributed by atoms with Crippen LogP contribution in [0, 0.1) is 5.92 Å². The Morgan fingerprint density at radius 1 is 1.38 bits per heavy atom. The Labute approximate surface area is 154 Å². The van der Waals surface area contributed by atoms with E-state index in [1.54, 1.807) is 4.57 Å². The topological polar surface area (TPSA) is 114 Å². The maximum absolute atomic E-state index is 13.1. The maximum Gasteiger partial charge on any atom is 0.332 e. The summed E-state index contributed by atoms with van der Waals surface area (Å²) in [5, 5.41) is 0.126. The first-order valence-corrected chi connectivity index (χ1v) is 9.06. The summed E-state index contributed by atoms with van der Waals surface area (Å²) in [6.07, 6.45) is 2.43. The lowest BCUT2D eigenvalue weighted by Gasteiger charge is -2.19. The van der Waals surface area contributed by atoms with Crippen molar-refractivity contribution in [3.8, 4) is 0 Å². The van der Waals surface area contributed by atoms with Crippen LogP contribution in [0.25, 0.3) is 11.2 Å². The zero-order valence-electron chi connectivity index (χ0n) is 14.4. The first-order valence-electron chi connectivity index (χ1n) is 8.68. The number of ether oxygens (including phenoxy) is 2. The molecule has 9 nitrogen and oxygen atoms in total. The number of nitrogens with zero attached hydrogens (tertiary/aromatic N) is 4. The van der Waals surface area contributed by atoms with Gasteiger partial charge in [0, 0.05) is 19.9 Å². The Kier molecular flexibility index (Phi) is 4.36. The van der Waals surface area contributed by atoms with Crippen LogP contribution in [0.1, 0.15) is 38.8 Å². The molecule has 3 heterocycles. The molecule has 2 N–H and O–H groups in total. The average Bonchev–Trinajstić information content (AvgIpc) is 3.22. The normalized spacial score (nSPS) is 22.8. The third-order valence-corrected chi connectivity index (χ3v) is 5.08. The highest BCUT2D eigenvalue weighted by atomic mass is 35.5. The van der Waals surface area contributed by atoms with Crippen LogP contribution in [-0.4, -0.2) is 37.8 Å². The molecule has 0 aromatic carbocycles. The van der Waals surface area contributed by atoms with Gasteiger partial charge in [-0.2, -0.15) is 9.97 Å². The van der Waals surface area contributed by atoms with Crippen LogP contribution in [0.3, 0.4) is 0 Å². The summed E-state index contributed by atoms with van der Waals surface area (Å²) in [7, 11) is 0. The highest BCUT2D eigenvalue weighted by molar-refractivity contribution is 6.33. The molecule has 0 amide bonds. The predicted molar refractivity (Wildman–Crippen MR) is 93.7 cm³/mol. The first-order chi connectivity index (χ1) is 12.5. The Balaban J connectivity index is 1.83. The molecule has 2 atom stereocenters. The number of imidazole rings is 1. The summed E-state index contributed by atoms with van der Waals surface area (Å²) in [4.78, 5) is 32.7. The number of fused-ring (bicyclic) bond motifs is 1. The van der Waals surface area contributed by atoms with E-state index in [1.807, 2.05) is 0 Å². The van der Waals surface area contributed by atoms with Crippen molar-refractivity contribution in [3.05, 3.63) is 15.6 Å². The van der Waals surface area contributed by atoms with E-state index in [0.29, 0.717) is 36.7 Å². The fourth-order valence-corrected chi connectivity index (χ4v) is 3.70. The van der Waals surface area contributed by atoms with Crippen LogP contribution in [0.2, 0.25) is 5.15 Å². The molecule has 2 unspecified atom stereocenters. The number of carbonyl (C=O) groups excluding carboxylic acids is 1. The molecule has 140 valence electrons. The smallest absolute Gasteiger partial charge is 0.332 e. The molecule has 4 rings (SSSR count). The van der Waals surface area contributed by atoms with E-state index in [-0.39, 0.29) is 16.8 Å². The second-order valence-electron chi connectivity index (χ2n) is 6.78. The molecular formula is C16H20ClN5O4. The lowest BCUT2D eigenvalue weighted by molar-refractivity contribution is -0.151. The van der Waals surface area contributed by atoms with Gasteiger partial charge >= 0.3 is 11.7 Å². The van der Waals surface area contributed by atoms with E-state index in [0.717, 1.165) is 6.42 Å². The number of halogens is 1. The summed E-state index contributed by atoms with van der Waals surface area (Å²) >= 11 is 6.28. The Hall–Kier alpha value is -2.13. The minimum absolute atomic E-state index is 0.0300. The zero-order chi connectivity index (χ0) is 18.4.